The minimum atomic E-state index is -1.20. The van der Waals surface area contributed by atoms with E-state index >= 15 is 0 Å². The number of aromatic carboxylic acids is 1. The summed E-state index contributed by atoms with van der Waals surface area (Å²) in [5.41, 5.74) is 1.13. The van der Waals surface area contributed by atoms with E-state index in [0.717, 1.165) is 4.90 Å². The van der Waals surface area contributed by atoms with E-state index in [0.29, 0.717) is 27.2 Å². The van der Waals surface area contributed by atoms with E-state index in [-0.39, 0.29) is 29.7 Å². The highest BCUT2D eigenvalue weighted by Gasteiger charge is 2.38. The number of amides is 3. The van der Waals surface area contributed by atoms with Gasteiger partial charge in [0, 0.05) is 21.5 Å². The van der Waals surface area contributed by atoms with Crippen LogP contribution in [0.2, 0.25) is 10.0 Å². The number of anilines is 1. The Hall–Kier alpha value is -3.03. The molecule has 2 heterocycles. The highest BCUT2D eigenvalue weighted by Crippen LogP contribution is 2.34. The molecule has 1 fully saturated rings. The molecule has 1 aromatic heterocycles. The van der Waals surface area contributed by atoms with Gasteiger partial charge in [0.15, 0.2) is 0 Å². The van der Waals surface area contributed by atoms with Crippen molar-refractivity contribution in [1.82, 2.24) is 9.88 Å². The van der Waals surface area contributed by atoms with Crippen LogP contribution >= 0.6 is 23.2 Å². The van der Waals surface area contributed by atoms with Crippen LogP contribution in [0, 0.1) is 0 Å². The van der Waals surface area contributed by atoms with Crippen molar-refractivity contribution in [2.24, 2.45) is 0 Å². The number of carbonyl (C=O) groups excluding carboxylic acids is 2. The van der Waals surface area contributed by atoms with Crippen LogP contribution in [-0.2, 0) is 11.3 Å². The lowest BCUT2D eigenvalue weighted by atomic mass is 10.1. The molecule has 28 heavy (non-hydrogen) atoms. The van der Waals surface area contributed by atoms with Gasteiger partial charge in [-0.05, 0) is 24.3 Å². The number of imide groups is 1. The zero-order valence-electron chi connectivity index (χ0n) is 14.3. The van der Waals surface area contributed by atoms with E-state index < -0.39 is 12.0 Å². The topological polar surface area (TPSA) is 93.7 Å². The zero-order valence-corrected chi connectivity index (χ0v) is 15.8. The number of nitrogens with zero attached hydrogens (tertiary/aromatic N) is 2. The van der Waals surface area contributed by atoms with Crippen molar-refractivity contribution in [2.45, 2.75) is 6.54 Å². The van der Waals surface area contributed by atoms with Crippen LogP contribution in [0.4, 0.5) is 10.5 Å². The van der Waals surface area contributed by atoms with Crippen molar-refractivity contribution in [1.29, 1.82) is 0 Å². The predicted molar refractivity (Wildman–Crippen MR) is 105 cm³/mol. The quantitative estimate of drug-likeness (QED) is 0.623. The summed E-state index contributed by atoms with van der Waals surface area (Å²) in [7, 11) is 0. The van der Waals surface area contributed by atoms with Crippen molar-refractivity contribution in [3.63, 3.8) is 0 Å². The summed E-state index contributed by atoms with van der Waals surface area (Å²) in [5, 5.41) is 10.6. The standard InChI is InChI=1S/C19H13Cl2N3O4/c20-10-6-13(21)16-12(17(18(26)27)22-14(16)7-10)8-23-9-15(25)24(19(23)28)11-4-2-1-3-5-11/h1-7,22H,8-9H2,(H,26,27). The first-order chi connectivity index (χ1) is 13.4. The highest BCUT2D eigenvalue weighted by molar-refractivity contribution is 6.39. The van der Waals surface area contributed by atoms with Crippen molar-refractivity contribution < 1.29 is 19.5 Å². The van der Waals surface area contributed by atoms with Gasteiger partial charge in [-0.15, -0.1) is 0 Å². The number of rotatable bonds is 4. The molecule has 0 saturated carbocycles. The van der Waals surface area contributed by atoms with Crippen LogP contribution < -0.4 is 4.90 Å². The number of hydrogen-bond acceptors (Lipinski definition) is 3. The van der Waals surface area contributed by atoms with E-state index in [1.807, 2.05) is 0 Å². The SMILES string of the molecule is O=C(O)c1[nH]c2cc(Cl)cc(Cl)c2c1CN1CC(=O)N(c2ccccc2)C1=O. The molecule has 3 amide bonds. The molecular weight excluding hydrogens is 405 g/mol. The van der Waals surface area contributed by atoms with Crippen LogP contribution in [0.25, 0.3) is 10.9 Å². The normalized spacial score (nSPS) is 14.4. The molecule has 7 nitrogen and oxygen atoms in total. The Morgan fingerprint density at radius 1 is 1.14 bits per heavy atom. The maximum absolute atomic E-state index is 12.8. The number of aromatic nitrogens is 1. The van der Waals surface area contributed by atoms with E-state index in [1.54, 1.807) is 36.4 Å². The fourth-order valence-electron chi connectivity index (χ4n) is 3.35. The summed E-state index contributed by atoms with van der Waals surface area (Å²) in [6.45, 7) is -0.248. The summed E-state index contributed by atoms with van der Waals surface area (Å²) in [5.74, 6) is -1.58. The summed E-state index contributed by atoms with van der Waals surface area (Å²) in [6.07, 6.45) is 0. The number of carboxylic acids is 1. The first-order valence-electron chi connectivity index (χ1n) is 8.26. The predicted octanol–water partition coefficient (Wildman–Crippen LogP) is 4.14. The molecule has 3 aromatic rings. The van der Waals surface area contributed by atoms with Gasteiger partial charge in [0.1, 0.15) is 12.2 Å². The molecule has 142 valence electrons. The van der Waals surface area contributed by atoms with Crippen LogP contribution in [0.5, 0.6) is 0 Å². The average molecular weight is 418 g/mol. The monoisotopic (exact) mass is 417 g/mol. The number of hydrogen-bond donors (Lipinski definition) is 2. The Labute approximate surface area is 169 Å². The number of benzene rings is 2. The van der Waals surface area contributed by atoms with Crippen molar-refractivity contribution in [2.75, 3.05) is 11.4 Å². The Morgan fingerprint density at radius 2 is 1.86 bits per heavy atom. The molecule has 2 N–H and O–H groups in total. The second kappa shape index (κ2) is 6.85. The average Bonchev–Trinajstić information content (AvgIpc) is 3.13. The van der Waals surface area contributed by atoms with Gasteiger partial charge in [-0.25, -0.2) is 14.5 Å². The lowest BCUT2D eigenvalue weighted by molar-refractivity contribution is -0.116. The number of para-hydroxylation sites is 1. The number of carbonyl (C=O) groups is 3. The Morgan fingerprint density at radius 3 is 2.54 bits per heavy atom. The number of aromatic amines is 1. The smallest absolute Gasteiger partial charge is 0.352 e. The number of carboxylic acid groups (broad SMARTS) is 1. The number of halogens is 2. The molecular formula is C19H13Cl2N3O4. The molecule has 0 bridgehead atoms. The van der Waals surface area contributed by atoms with E-state index in [1.165, 1.54) is 11.0 Å². The third-order valence-electron chi connectivity index (χ3n) is 4.53. The van der Waals surface area contributed by atoms with Crippen molar-refractivity contribution >= 4 is 57.7 Å². The van der Waals surface area contributed by atoms with Gasteiger partial charge in [0.25, 0.3) is 5.91 Å². The molecule has 2 aromatic carbocycles. The van der Waals surface area contributed by atoms with Crippen molar-refractivity contribution in [3.05, 3.63) is 63.8 Å². The van der Waals surface area contributed by atoms with Gasteiger partial charge in [-0.3, -0.25) is 4.79 Å². The van der Waals surface area contributed by atoms with Gasteiger partial charge >= 0.3 is 12.0 Å². The van der Waals surface area contributed by atoms with E-state index in [4.69, 9.17) is 23.2 Å². The molecule has 0 aliphatic carbocycles. The molecule has 1 aliphatic rings. The largest absolute Gasteiger partial charge is 0.477 e. The fraction of sp³-hybridized carbons (Fsp3) is 0.105. The lowest BCUT2D eigenvalue weighted by Gasteiger charge is -2.17. The first kappa shape index (κ1) is 18.3. The Balaban J connectivity index is 1.74. The summed E-state index contributed by atoms with van der Waals surface area (Å²) < 4.78 is 0. The van der Waals surface area contributed by atoms with Gasteiger partial charge < -0.3 is 15.0 Å². The third-order valence-corrected chi connectivity index (χ3v) is 5.05. The number of fused-ring (bicyclic) bond motifs is 1. The van der Waals surface area contributed by atoms with Gasteiger partial charge in [-0.1, -0.05) is 41.4 Å². The molecule has 4 rings (SSSR count). The maximum atomic E-state index is 12.8. The minimum absolute atomic E-state index is 0.0864. The molecule has 0 atom stereocenters. The maximum Gasteiger partial charge on any atom is 0.352 e. The summed E-state index contributed by atoms with van der Waals surface area (Å²) in [6, 6.07) is 11.1. The lowest BCUT2D eigenvalue weighted by Crippen LogP contribution is -2.33. The van der Waals surface area contributed by atoms with Crippen LogP contribution in [0.15, 0.2) is 42.5 Å². The molecule has 1 aliphatic heterocycles. The molecule has 0 unspecified atom stereocenters. The van der Waals surface area contributed by atoms with Crippen molar-refractivity contribution in [3.8, 4) is 0 Å². The zero-order chi connectivity index (χ0) is 20.0. The Bertz CT molecular complexity index is 1130. The molecule has 0 radical (unpaired) electrons. The third kappa shape index (κ3) is 2.98. The van der Waals surface area contributed by atoms with Crippen LogP contribution in [-0.4, -0.2) is 39.4 Å². The van der Waals surface area contributed by atoms with Gasteiger partial charge in [0.2, 0.25) is 0 Å². The van der Waals surface area contributed by atoms with Gasteiger partial charge in [0.05, 0.1) is 17.3 Å². The Kier molecular flexibility index (Phi) is 4.49. The fourth-order valence-corrected chi connectivity index (χ4v) is 3.96. The highest BCUT2D eigenvalue weighted by atomic mass is 35.5. The summed E-state index contributed by atoms with van der Waals surface area (Å²) in [4.78, 5) is 42.1. The first-order valence-corrected chi connectivity index (χ1v) is 9.02. The molecule has 1 saturated heterocycles. The number of H-pyrrole nitrogens is 1. The van der Waals surface area contributed by atoms with Gasteiger partial charge in [-0.2, -0.15) is 0 Å². The second-order valence-electron chi connectivity index (χ2n) is 6.30. The summed E-state index contributed by atoms with van der Waals surface area (Å²) >= 11 is 12.3. The van der Waals surface area contributed by atoms with E-state index in [9.17, 15) is 19.5 Å². The molecule has 9 heteroatoms. The number of urea groups is 1. The van der Waals surface area contributed by atoms with Crippen LogP contribution in [0.1, 0.15) is 16.1 Å². The van der Waals surface area contributed by atoms with E-state index in [2.05, 4.69) is 4.98 Å². The molecule has 0 spiro atoms. The second-order valence-corrected chi connectivity index (χ2v) is 7.14. The minimum Gasteiger partial charge on any atom is -0.477 e. The van der Waals surface area contributed by atoms with Crippen LogP contribution in [0.3, 0.4) is 0 Å². The number of nitrogens with one attached hydrogen (secondary N) is 1.